The predicted molar refractivity (Wildman–Crippen MR) is 177 cm³/mol. The summed E-state index contributed by atoms with van der Waals surface area (Å²) >= 11 is 0. The van der Waals surface area contributed by atoms with Crippen molar-refractivity contribution in [3.8, 4) is 5.75 Å². The molecule has 6 rings (SSSR count). The van der Waals surface area contributed by atoms with E-state index in [0.29, 0.717) is 29.1 Å². The number of carbonyl (C=O) groups is 1. The van der Waals surface area contributed by atoms with E-state index in [1.54, 1.807) is 45.2 Å². The van der Waals surface area contributed by atoms with Crippen LogP contribution in [0.4, 0.5) is 5.82 Å². The molecule has 1 amide bonds. The number of carbonyl (C=O) groups excluding carboxylic acids is 1. The number of benzene rings is 4. The number of sulfonamides is 1. The van der Waals surface area contributed by atoms with Gasteiger partial charge in [-0.2, -0.15) is 0 Å². The van der Waals surface area contributed by atoms with Gasteiger partial charge in [0.2, 0.25) is 10.0 Å². The van der Waals surface area contributed by atoms with Gasteiger partial charge in [-0.15, -0.1) is 0 Å². The highest BCUT2D eigenvalue weighted by Crippen LogP contribution is 2.41. The molecule has 0 saturated heterocycles. The number of aromatic nitrogens is 1. The van der Waals surface area contributed by atoms with Crippen LogP contribution < -0.4 is 15.2 Å². The lowest BCUT2D eigenvalue weighted by Crippen LogP contribution is -2.44. The van der Waals surface area contributed by atoms with Crippen molar-refractivity contribution in [3.63, 3.8) is 0 Å². The van der Waals surface area contributed by atoms with E-state index >= 15 is 0 Å². The summed E-state index contributed by atoms with van der Waals surface area (Å²) in [5.41, 5.74) is 8.65. The molecule has 0 radical (unpaired) electrons. The largest absolute Gasteiger partial charge is 0.491 e. The number of nitrogens with two attached hydrogens (primary N) is 1. The van der Waals surface area contributed by atoms with E-state index in [-0.39, 0.29) is 17.4 Å². The molecule has 0 fully saturated rings. The lowest BCUT2D eigenvalue weighted by Gasteiger charge is -2.34. The van der Waals surface area contributed by atoms with Crippen LogP contribution >= 0.6 is 0 Å². The van der Waals surface area contributed by atoms with Crippen molar-refractivity contribution in [1.82, 2.24) is 14.6 Å². The highest BCUT2D eigenvalue weighted by Gasteiger charge is 2.42. The van der Waals surface area contributed by atoms with Crippen molar-refractivity contribution < 1.29 is 17.9 Å². The molecule has 4 aromatic carbocycles. The molecule has 1 aliphatic rings. The molecule has 0 aliphatic carbocycles. The summed E-state index contributed by atoms with van der Waals surface area (Å²) in [5, 5.41) is 1.75. The standard InChI is InChI=1S/C36H36N4O4S/c1-36(2,3)39-45(42,43)29-13-9-12-26(21-29)33-30-14-7-8-15-31(30)35(41)40(33)27(20-24-10-5-4-6-11-24)23-44-28-17-16-25-18-19-38-34(37)32(25)22-28/h4-19,21-22,27,33,39H,20,23H2,1-3H3,(H2,37,38). The molecule has 8 nitrogen and oxygen atoms in total. The number of hydrogen-bond donors (Lipinski definition) is 2. The third kappa shape index (κ3) is 6.41. The monoisotopic (exact) mass is 620 g/mol. The van der Waals surface area contributed by atoms with Gasteiger partial charge in [0, 0.05) is 22.7 Å². The minimum absolute atomic E-state index is 0.131. The van der Waals surface area contributed by atoms with Crippen LogP contribution in [0.3, 0.4) is 0 Å². The first kappa shape index (κ1) is 30.3. The fraction of sp³-hybridized carbons (Fsp3) is 0.222. The molecule has 0 spiro atoms. The van der Waals surface area contributed by atoms with Gasteiger partial charge in [-0.25, -0.2) is 18.1 Å². The molecule has 9 heteroatoms. The van der Waals surface area contributed by atoms with Gasteiger partial charge in [0.05, 0.1) is 17.0 Å². The zero-order chi connectivity index (χ0) is 31.8. The number of hydrogen-bond acceptors (Lipinski definition) is 6. The van der Waals surface area contributed by atoms with Gasteiger partial charge < -0.3 is 15.4 Å². The minimum atomic E-state index is -3.81. The van der Waals surface area contributed by atoms with Gasteiger partial charge in [0.15, 0.2) is 0 Å². The normalized spacial score (nSPS) is 15.7. The summed E-state index contributed by atoms with van der Waals surface area (Å²) in [6, 6.07) is 31.0. The van der Waals surface area contributed by atoms with E-state index < -0.39 is 27.6 Å². The molecular weight excluding hydrogens is 584 g/mol. The first-order valence-corrected chi connectivity index (χ1v) is 16.3. The SMILES string of the molecule is CC(C)(C)NS(=O)(=O)c1cccc(C2c3ccccc3C(=O)N2C(COc2ccc3ccnc(N)c3c2)Cc2ccccc2)c1. The number of amides is 1. The average molecular weight is 621 g/mol. The van der Waals surface area contributed by atoms with E-state index in [2.05, 4.69) is 9.71 Å². The fourth-order valence-corrected chi connectivity index (χ4v) is 7.42. The second-order valence-corrected chi connectivity index (χ2v) is 14.0. The maximum Gasteiger partial charge on any atom is 0.255 e. The maximum atomic E-state index is 14.2. The van der Waals surface area contributed by atoms with Crippen molar-refractivity contribution in [2.45, 2.75) is 49.7 Å². The molecule has 0 saturated carbocycles. The van der Waals surface area contributed by atoms with Crippen LogP contribution in [-0.2, 0) is 16.4 Å². The van der Waals surface area contributed by atoms with E-state index in [1.165, 1.54) is 0 Å². The third-order valence-electron chi connectivity index (χ3n) is 7.84. The van der Waals surface area contributed by atoms with Crippen LogP contribution in [0, 0.1) is 0 Å². The smallest absolute Gasteiger partial charge is 0.255 e. The quantitative estimate of drug-likeness (QED) is 0.205. The molecule has 0 bridgehead atoms. The van der Waals surface area contributed by atoms with Crippen molar-refractivity contribution in [3.05, 3.63) is 132 Å². The Morgan fingerprint density at radius 2 is 1.69 bits per heavy atom. The number of pyridine rings is 1. The highest BCUT2D eigenvalue weighted by molar-refractivity contribution is 7.89. The van der Waals surface area contributed by atoms with Crippen molar-refractivity contribution in [2.24, 2.45) is 0 Å². The summed E-state index contributed by atoms with van der Waals surface area (Å²) in [6.45, 7) is 5.60. The van der Waals surface area contributed by atoms with Crippen LogP contribution in [0.15, 0.2) is 114 Å². The Bertz CT molecular complexity index is 1970. The highest BCUT2D eigenvalue weighted by atomic mass is 32.2. The van der Waals surface area contributed by atoms with Gasteiger partial charge in [-0.3, -0.25) is 4.79 Å². The zero-order valence-corrected chi connectivity index (χ0v) is 26.3. The number of nitrogens with zero attached hydrogens (tertiary/aromatic N) is 2. The Morgan fingerprint density at radius 3 is 2.47 bits per heavy atom. The number of ether oxygens (including phenoxy) is 1. The lowest BCUT2D eigenvalue weighted by atomic mass is 9.96. The molecule has 1 aliphatic heterocycles. The van der Waals surface area contributed by atoms with Crippen molar-refractivity contribution in [2.75, 3.05) is 12.3 Å². The zero-order valence-electron chi connectivity index (χ0n) is 25.5. The molecular formula is C36H36N4O4S. The van der Waals surface area contributed by atoms with Crippen molar-refractivity contribution >= 4 is 32.5 Å². The fourth-order valence-electron chi connectivity index (χ4n) is 5.94. The second-order valence-electron chi connectivity index (χ2n) is 12.4. The molecule has 2 heterocycles. The number of nitrogen functional groups attached to an aromatic ring is 1. The van der Waals surface area contributed by atoms with Gasteiger partial charge in [-0.1, -0.05) is 66.7 Å². The second kappa shape index (κ2) is 12.0. The Labute approximate surface area is 263 Å². The third-order valence-corrected chi connectivity index (χ3v) is 9.60. The van der Waals surface area contributed by atoms with Crippen LogP contribution in [0.2, 0.25) is 0 Å². The molecule has 3 N–H and O–H groups in total. The lowest BCUT2D eigenvalue weighted by molar-refractivity contribution is 0.0587. The summed E-state index contributed by atoms with van der Waals surface area (Å²) in [6.07, 6.45) is 2.20. The average Bonchev–Trinajstić information content (AvgIpc) is 3.31. The number of rotatable bonds is 9. The van der Waals surface area contributed by atoms with E-state index in [9.17, 15) is 13.2 Å². The van der Waals surface area contributed by atoms with Gasteiger partial charge in [0.25, 0.3) is 5.91 Å². The minimum Gasteiger partial charge on any atom is -0.491 e. The van der Waals surface area contributed by atoms with Crippen molar-refractivity contribution in [1.29, 1.82) is 0 Å². The van der Waals surface area contributed by atoms with Crippen LogP contribution in [0.5, 0.6) is 5.75 Å². The Morgan fingerprint density at radius 1 is 0.933 bits per heavy atom. The van der Waals surface area contributed by atoms with Gasteiger partial charge in [-0.05, 0) is 85.7 Å². The molecule has 2 unspecified atom stereocenters. The molecule has 2 atom stereocenters. The summed E-state index contributed by atoms with van der Waals surface area (Å²) in [4.78, 5) is 20.4. The Balaban J connectivity index is 1.41. The maximum absolute atomic E-state index is 14.2. The molecule has 45 heavy (non-hydrogen) atoms. The molecule has 1 aromatic heterocycles. The van der Waals surface area contributed by atoms with E-state index in [0.717, 1.165) is 21.9 Å². The van der Waals surface area contributed by atoms with Crippen LogP contribution in [0.25, 0.3) is 10.8 Å². The predicted octanol–water partition coefficient (Wildman–Crippen LogP) is 6.13. The number of nitrogens with one attached hydrogen (secondary N) is 1. The van der Waals surface area contributed by atoms with Gasteiger partial charge >= 0.3 is 0 Å². The summed E-state index contributed by atoms with van der Waals surface area (Å²) in [5.74, 6) is 0.898. The first-order valence-electron chi connectivity index (χ1n) is 14.9. The Hall–Kier alpha value is -4.73. The number of fused-ring (bicyclic) bond motifs is 2. The van der Waals surface area contributed by atoms with Crippen LogP contribution in [0.1, 0.15) is 53.9 Å². The molecule has 5 aromatic rings. The topological polar surface area (TPSA) is 115 Å². The number of anilines is 1. The first-order chi connectivity index (χ1) is 21.5. The van der Waals surface area contributed by atoms with E-state index in [1.807, 2.05) is 89.8 Å². The van der Waals surface area contributed by atoms with Gasteiger partial charge in [0.1, 0.15) is 18.2 Å². The summed E-state index contributed by atoms with van der Waals surface area (Å²) < 4.78 is 35.8. The Kier molecular flexibility index (Phi) is 8.07. The molecule has 230 valence electrons. The van der Waals surface area contributed by atoms with Crippen LogP contribution in [-0.4, -0.2) is 42.4 Å². The summed E-state index contributed by atoms with van der Waals surface area (Å²) in [7, 11) is -3.81. The van der Waals surface area contributed by atoms with E-state index in [4.69, 9.17) is 10.5 Å².